The minimum atomic E-state index is -0.200. The fourth-order valence-corrected chi connectivity index (χ4v) is 2.46. The van der Waals surface area contributed by atoms with Gasteiger partial charge in [0, 0.05) is 6.42 Å². The summed E-state index contributed by atoms with van der Waals surface area (Å²) in [6.45, 7) is 8.93. The molecule has 4 nitrogen and oxygen atoms in total. The number of rotatable bonds is 5. The van der Waals surface area contributed by atoms with Crippen molar-refractivity contribution in [2.24, 2.45) is 0 Å². The zero-order valence-corrected chi connectivity index (χ0v) is 12.4. The molecule has 1 fully saturated rings. The molecular weight excluding hydrogens is 244 g/mol. The molecule has 1 saturated heterocycles. The Bertz CT molecular complexity index is 313. The summed E-state index contributed by atoms with van der Waals surface area (Å²) in [5.41, 5.74) is 1.32. The molecule has 2 heterocycles. The summed E-state index contributed by atoms with van der Waals surface area (Å²) in [4.78, 5) is 0. The minimum absolute atomic E-state index is 0.0418. The molecule has 110 valence electrons. The molecule has 0 radical (unpaired) electrons. The Morgan fingerprint density at radius 3 is 2.74 bits per heavy atom. The third kappa shape index (κ3) is 4.28. The van der Waals surface area contributed by atoms with Crippen molar-refractivity contribution in [2.45, 2.75) is 77.8 Å². The fraction of sp³-hybridized carbons (Fsp3) is 0.867. The van der Waals surface area contributed by atoms with Gasteiger partial charge < -0.3 is 18.9 Å². The third-order valence-electron chi connectivity index (χ3n) is 3.57. The van der Waals surface area contributed by atoms with E-state index in [1.807, 2.05) is 20.8 Å². The summed E-state index contributed by atoms with van der Waals surface area (Å²) in [6.07, 6.45) is 4.98. The lowest BCUT2D eigenvalue weighted by Crippen LogP contribution is -2.42. The van der Waals surface area contributed by atoms with Crippen LogP contribution in [-0.4, -0.2) is 37.5 Å². The first kappa shape index (κ1) is 15.0. The van der Waals surface area contributed by atoms with Crippen molar-refractivity contribution in [3.63, 3.8) is 0 Å². The van der Waals surface area contributed by atoms with Gasteiger partial charge >= 0.3 is 0 Å². The second kappa shape index (κ2) is 6.84. The molecule has 0 N–H and O–H groups in total. The van der Waals surface area contributed by atoms with Gasteiger partial charge in [-0.05, 0) is 45.3 Å². The largest absolute Gasteiger partial charge is 0.350 e. The normalized spacial score (nSPS) is 35.7. The fourth-order valence-electron chi connectivity index (χ4n) is 2.46. The maximum Gasteiger partial charge on any atom is 0.177 e. The van der Waals surface area contributed by atoms with Crippen LogP contribution in [0.4, 0.5) is 0 Å². The molecule has 0 amide bonds. The van der Waals surface area contributed by atoms with Crippen LogP contribution in [0.5, 0.6) is 0 Å². The van der Waals surface area contributed by atoms with Crippen molar-refractivity contribution >= 4 is 0 Å². The van der Waals surface area contributed by atoms with Crippen molar-refractivity contribution in [1.29, 1.82) is 0 Å². The monoisotopic (exact) mass is 270 g/mol. The standard InChI is InChI=1S/C15H26O4/c1-5-12-8-15(16-9-12)19-13-6-7-14(17-10(2)3)18-11(13)4/h8,10-11,13-15H,5-7,9H2,1-4H3/t11-,13+,14+,15-/m0/s1. The summed E-state index contributed by atoms with van der Waals surface area (Å²) in [5, 5.41) is 0. The Kier molecular flexibility index (Phi) is 5.39. The van der Waals surface area contributed by atoms with Crippen LogP contribution >= 0.6 is 0 Å². The van der Waals surface area contributed by atoms with E-state index in [0.29, 0.717) is 6.61 Å². The summed E-state index contributed by atoms with van der Waals surface area (Å²) in [7, 11) is 0. The molecule has 2 aliphatic rings. The summed E-state index contributed by atoms with van der Waals surface area (Å²) in [6, 6.07) is 0. The van der Waals surface area contributed by atoms with E-state index < -0.39 is 0 Å². The summed E-state index contributed by atoms with van der Waals surface area (Å²) < 4.78 is 23.1. The predicted molar refractivity (Wildman–Crippen MR) is 72.8 cm³/mol. The molecule has 0 aromatic carbocycles. The Labute approximate surface area is 116 Å². The van der Waals surface area contributed by atoms with Crippen LogP contribution < -0.4 is 0 Å². The summed E-state index contributed by atoms with van der Waals surface area (Å²) >= 11 is 0. The first-order valence-corrected chi connectivity index (χ1v) is 7.36. The first-order valence-electron chi connectivity index (χ1n) is 7.36. The predicted octanol–water partition coefficient (Wildman–Crippen LogP) is 3.01. The molecule has 0 aromatic rings. The Balaban J connectivity index is 1.79. The van der Waals surface area contributed by atoms with Gasteiger partial charge in [0.1, 0.15) is 0 Å². The average molecular weight is 270 g/mol. The molecule has 0 spiro atoms. The van der Waals surface area contributed by atoms with Crippen LogP contribution in [-0.2, 0) is 18.9 Å². The molecular formula is C15H26O4. The smallest absolute Gasteiger partial charge is 0.177 e. The maximum absolute atomic E-state index is 5.97. The van der Waals surface area contributed by atoms with E-state index in [4.69, 9.17) is 18.9 Å². The molecule has 4 heteroatoms. The number of hydrogen-bond acceptors (Lipinski definition) is 4. The lowest BCUT2D eigenvalue weighted by Gasteiger charge is -2.35. The zero-order chi connectivity index (χ0) is 13.8. The van der Waals surface area contributed by atoms with Crippen molar-refractivity contribution in [2.75, 3.05) is 6.61 Å². The Morgan fingerprint density at radius 2 is 2.16 bits per heavy atom. The molecule has 0 bridgehead atoms. The topological polar surface area (TPSA) is 36.9 Å². The zero-order valence-electron chi connectivity index (χ0n) is 12.4. The minimum Gasteiger partial charge on any atom is -0.350 e. The molecule has 0 unspecified atom stereocenters. The van der Waals surface area contributed by atoms with Crippen LogP contribution in [0.2, 0.25) is 0 Å². The Hall–Kier alpha value is -0.420. The molecule has 4 atom stereocenters. The van der Waals surface area contributed by atoms with Gasteiger partial charge in [0.25, 0.3) is 0 Å². The second-order valence-electron chi connectivity index (χ2n) is 5.57. The highest BCUT2D eigenvalue weighted by molar-refractivity contribution is 5.08. The van der Waals surface area contributed by atoms with E-state index in [2.05, 4.69) is 13.0 Å². The average Bonchev–Trinajstić information content (AvgIpc) is 2.80. The number of ether oxygens (including phenoxy) is 4. The van der Waals surface area contributed by atoms with Crippen LogP contribution in [0.25, 0.3) is 0 Å². The lowest BCUT2D eigenvalue weighted by atomic mass is 10.1. The van der Waals surface area contributed by atoms with Gasteiger partial charge in [-0.2, -0.15) is 0 Å². The molecule has 0 aromatic heterocycles. The second-order valence-corrected chi connectivity index (χ2v) is 5.57. The lowest BCUT2D eigenvalue weighted by molar-refractivity contribution is -0.255. The van der Waals surface area contributed by atoms with Crippen LogP contribution in [0, 0.1) is 0 Å². The van der Waals surface area contributed by atoms with Crippen LogP contribution in [0.1, 0.15) is 47.0 Å². The highest BCUT2D eigenvalue weighted by atomic mass is 16.7. The highest BCUT2D eigenvalue weighted by Crippen LogP contribution is 2.26. The molecule has 2 aliphatic heterocycles. The van der Waals surface area contributed by atoms with Gasteiger partial charge in [-0.3, -0.25) is 0 Å². The van der Waals surface area contributed by atoms with Gasteiger partial charge in [-0.25, -0.2) is 0 Å². The van der Waals surface area contributed by atoms with E-state index in [1.54, 1.807) is 0 Å². The van der Waals surface area contributed by atoms with Gasteiger partial charge in [0.05, 0.1) is 24.9 Å². The molecule has 2 rings (SSSR count). The summed E-state index contributed by atoms with van der Waals surface area (Å²) in [5.74, 6) is 0. The van der Waals surface area contributed by atoms with Crippen LogP contribution in [0.15, 0.2) is 11.6 Å². The first-order chi connectivity index (χ1) is 9.08. The molecule has 19 heavy (non-hydrogen) atoms. The van der Waals surface area contributed by atoms with Gasteiger partial charge in [-0.1, -0.05) is 6.92 Å². The van der Waals surface area contributed by atoms with Crippen molar-refractivity contribution < 1.29 is 18.9 Å². The van der Waals surface area contributed by atoms with Gasteiger partial charge in [0.15, 0.2) is 12.6 Å². The van der Waals surface area contributed by atoms with E-state index in [-0.39, 0.29) is 30.9 Å². The molecule has 0 aliphatic carbocycles. The van der Waals surface area contributed by atoms with Crippen LogP contribution in [0.3, 0.4) is 0 Å². The van der Waals surface area contributed by atoms with E-state index >= 15 is 0 Å². The van der Waals surface area contributed by atoms with Crippen molar-refractivity contribution in [3.8, 4) is 0 Å². The molecule has 0 saturated carbocycles. The number of hydrogen-bond donors (Lipinski definition) is 0. The van der Waals surface area contributed by atoms with E-state index in [0.717, 1.165) is 19.3 Å². The maximum atomic E-state index is 5.97. The van der Waals surface area contributed by atoms with Crippen molar-refractivity contribution in [1.82, 2.24) is 0 Å². The van der Waals surface area contributed by atoms with Gasteiger partial charge in [-0.15, -0.1) is 0 Å². The SMILES string of the molecule is CCC1=C[C@H](O[C@@H]2CC[C@H](OC(C)C)O[C@H]2C)OC1. The quantitative estimate of drug-likeness (QED) is 0.720. The third-order valence-corrected chi connectivity index (χ3v) is 3.57. The van der Waals surface area contributed by atoms with Gasteiger partial charge in [0.2, 0.25) is 0 Å². The van der Waals surface area contributed by atoms with E-state index in [1.165, 1.54) is 5.57 Å². The highest BCUT2D eigenvalue weighted by Gasteiger charge is 2.32. The van der Waals surface area contributed by atoms with E-state index in [9.17, 15) is 0 Å². The Morgan fingerprint density at radius 1 is 1.37 bits per heavy atom. The van der Waals surface area contributed by atoms with Crippen molar-refractivity contribution in [3.05, 3.63) is 11.6 Å².